The zero-order valence-electron chi connectivity index (χ0n) is 8.31. The molecule has 7 heteroatoms. The molecule has 0 radical (unpaired) electrons. The lowest BCUT2D eigenvalue weighted by atomic mass is 10.3. The Balaban J connectivity index is 2.73. The third-order valence-corrected chi connectivity index (χ3v) is 3.98. The van der Waals surface area contributed by atoms with E-state index in [2.05, 4.69) is 5.10 Å². The molecule has 86 valence electrons. The van der Waals surface area contributed by atoms with Gasteiger partial charge in [-0.15, -0.1) is 0 Å². The largest absolute Gasteiger partial charge is 0.261 e. The fraction of sp³-hybridized carbons (Fsp3) is 0.222. The highest BCUT2D eigenvalue weighted by atomic mass is 35.7. The number of hydrogen-bond donors (Lipinski definition) is 0. The van der Waals surface area contributed by atoms with Crippen molar-refractivity contribution in [3.8, 4) is 0 Å². The topological polar surface area (TPSA) is 52.0 Å². The third kappa shape index (κ3) is 1.90. The van der Waals surface area contributed by atoms with Crippen LogP contribution in [0.4, 0.5) is 0 Å². The van der Waals surface area contributed by atoms with E-state index in [4.69, 9.17) is 22.3 Å². The molecular formula is C9H8Cl2N2O2S. The van der Waals surface area contributed by atoms with Crippen molar-refractivity contribution in [2.24, 2.45) is 0 Å². The number of aryl methyl sites for hydroxylation is 1. The molecule has 0 fully saturated rings. The average molecular weight is 279 g/mol. The molecule has 4 nitrogen and oxygen atoms in total. The highest BCUT2D eigenvalue weighted by Crippen LogP contribution is 2.26. The van der Waals surface area contributed by atoms with Crippen LogP contribution in [0.5, 0.6) is 0 Å². The Hall–Kier alpha value is -0.780. The van der Waals surface area contributed by atoms with Crippen LogP contribution in [0.2, 0.25) is 5.15 Å². The van der Waals surface area contributed by atoms with E-state index in [0.717, 1.165) is 0 Å². The van der Waals surface area contributed by atoms with Crippen molar-refractivity contribution in [3.63, 3.8) is 0 Å². The van der Waals surface area contributed by atoms with E-state index in [0.29, 0.717) is 22.6 Å². The van der Waals surface area contributed by atoms with Crippen LogP contribution >= 0.6 is 22.3 Å². The molecule has 0 atom stereocenters. The van der Waals surface area contributed by atoms with Crippen molar-refractivity contribution in [1.29, 1.82) is 0 Å². The summed E-state index contributed by atoms with van der Waals surface area (Å²) in [6.07, 6.45) is 0. The van der Waals surface area contributed by atoms with Crippen LogP contribution in [0, 0.1) is 0 Å². The summed E-state index contributed by atoms with van der Waals surface area (Å²) in [7, 11) is 1.52. The van der Waals surface area contributed by atoms with E-state index in [1.54, 1.807) is 10.7 Å². The Morgan fingerprint density at radius 2 is 2.12 bits per heavy atom. The van der Waals surface area contributed by atoms with Crippen molar-refractivity contribution >= 4 is 42.2 Å². The van der Waals surface area contributed by atoms with Crippen molar-refractivity contribution in [2.75, 3.05) is 0 Å². The molecule has 2 aromatic rings. The third-order valence-electron chi connectivity index (χ3n) is 2.23. The molecule has 0 aliphatic heterocycles. The van der Waals surface area contributed by atoms with E-state index < -0.39 is 9.05 Å². The van der Waals surface area contributed by atoms with Gasteiger partial charge >= 0.3 is 0 Å². The average Bonchev–Trinajstić information content (AvgIpc) is 2.54. The molecule has 0 saturated heterocycles. The normalized spacial score (nSPS) is 12.2. The molecule has 0 amide bonds. The van der Waals surface area contributed by atoms with Gasteiger partial charge in [0, 0.05) is 22.6 Å². The van der Waals surface area contributed by atoms with E-state index >= 15 is 0 Å². The van der Waals surface area contributed by atoms with Gasteiger partial charge in [0.15, 0.2) is 0 Å². The van der Waals surface area contributed by atoms with Gasteiger partial charge in [-0.2, -0.15) is 5.10 Å². The molecule has 0 aliphatic rings. The van der Waals surface area contributed by atoms with E-state index in [1.807, 2.05) is 6.92 Å². The maximum Gasteiger partial charge on any atom is 0.261 e. The van der Waals surface area contributed by atoms with Crippen LogP contribution in [0.15, 0.2) is 23.1 Å². The fourth-order valence-corrected chi connectivity index (χ4v) is 2.53. The summed E-state index contributed by atoms with van der Waals surface area (Å²) in [5, 5.41) is 5.38. The Labute approximate surface area is 102 Å². The molecule has 0 unspecified atom stereocenters. The van der Waals surface area contributed by atoms with Gasteiger partial charge in [0.2, 0.25) is 0 Å². The second-order valence-electron chi connectivity index (χ2n) is 3.22. The summed E-state index contributed by atoms with van der Waals surface area (Å²) in [6.45, 7) is 2.52. The summed E-state index contributed by atoms with van der Waals surface area (Å²) in [5.74, 6) is 0. The number of hydrogen-bond acceptors (Lipinski definition) is 3. The maximum atomic E-state index is 11.1. The summed E-state index contributed by atoms with van der Waals surface area (Å²) in [5.41, 5.74) is 0.522. The summed E-state index contributed by atoms with van der Waals surface area (Å²) in [4.78, 5) is 0.0269. The molecule has 1 heterocycles. The number of rotatable bonds is 2. The van der Waals surface area contributed by atoms with Gasteiger partial charge in [-0.05, 0) is 25.1 Å². The van der Waals surface area contributed by atoms with Gasteiger partial charge in [-0.1, -0.05) is 11.6 Å². The van der Waals surface area contributed by atoms with Gasteiger partial charge in [0.05, 0.1) is 10.4 Å². The van der Waals surface area contributed by atoms with Crippen LogP contribution in [0.1, 0.15) is 6.92 Å². The quantitative estimate of drug-likeness (QED) is 0.794. The molecule has 0 N–H and O–H groups in total. The Morgan fingerprint density at radius 3 is 2.69 bits per heavy atom. The molecule has 0 spiro atoms. The number of fused-ring (bicyclic) bond motifs is 1. The molecule has 1 aromatic carbocycles. The minimum atomic E-state index is -3.72. The van der Waals surface area contributed by atoms with Crippen molar-refractivity contribution < 1.29 is 8.42 Å². The zero-order chi connectivity index (χ0) is 11.9. The smallest absolute Gasteiger partial charge is 0.253 e. The minimum Gasteiger partial charge on any atom is -0.253 e. The monoisotopic (exact) mass is 278 g/mol. The van der Waals surface area contributed by atoms with Crippen LogP contribution in [-0.4, -0.2) is 18.2 Å². The first-order valence-electron chi connectivity index (χ1n) is 4.54. The number of benzene rings is 1. The number of nitrogens with zero attached hydrogens (tertiary/aromatic N) is 2. The molecule has 2 rings (SSSR count). The Kier molecular flexibility index (Phi) is 2.86. The van der Waals surface area contributed by atoms with Gasteiger partial charge in [-0.25, -0.2) is 8.42 Å². The lowest BCUT2D eigenvalue weighted by molar-refractivity contribution is 0.609. The van der Waals surface area contributed by atoms with E-state index in [-0.39, 0.29) is 4.90 Å². The minimum absolute atomic E-state index is 0.0269. The Morgan fingerprint density at radius 1 is 1.44 bits per heavy atom. The first-order chi connectivity index (χ1) is 7.43. The van der Waals surface area contributed by atoms with Gasteiger partial charge in [-0.3, -0.25) is 4.68 Å². The summed E-state index contributed by atoms with van der Waals surface area (Å²) >= 11 is 6.04. The first kappa shape index (κ1) is 11.7. The highest BCUT2D eigenvalue weighted by Gasteiger charge is 2.14. The number of halogens is 2. The second-order valence-corrected chi connectivity index (χ2v) is 6.15. The maximum absolute atomic E-state index is 11.1. The van der Waals surface area contributed by atoms with Crippen molar-refractivity contribution in [1.82, 2.24) is 9.78 Å². The van der Waals surface area contributed by atoms with E-state index in [1.165, 1.54) is 12.1 Å². The van der Waals surface area contributed by atoms with Crippen LogP contribution in [0.3, 0.4) is 0 Å². The fourth-order valence-electron chi connectivity index (χ4n) is 1.44. The lowest BCUT2D eigenvalue weighted by Crippen LogP contribution is -1.95. The summed E-state index contributed by atoms with van der Waals surface area (Å²) in [6, 6.07) is 4.43. The van der Waals surface area contributed by atoms with Crippen LogP contribution in [0.25, 0.3) is 10.9 Å². The molecular weight excluding hydrogens is 271 g/mol. The molecule has 0 bridgehead atoms. The second kappa shape index (κ2) is 3.91. The van der Waals surface area contributed by atoms with Crippen LogP contribution in [-0.2, 0) is 15.6 Å². The predicted molar refractivity (Wildman–Crippen MR) is 63.5 cm³/mol. The lowest BCUT2D eigenvalue weighted by Gasteiger charge is -1.95. The van der Waals surface area contributed by atoms with Crippen molar-refractivity contribution in [3.05, 3.63) is 23.4 Å². The van der Waals surface area contributed by atoms with Gasteiger partial charge in [0.25, 0.3) is 9.05 Å². The van der Waals surface area contributed by atoms with E-state index in [9.17, 15) is 8.42 Å². The van der Waals surface area contributed by atoms with Crippen LogP contribution < -0.4 is 0 Å². The van der Waals surface area contributed by atoms with Gasteiger partial charge in [0.1, 0.15) is 5.15 Å². The van der Waals surface area contributed by atoms with Gasteiger partial charge < -0.3 is 0 Å². The first-order valence-corrected chi connectivity index (χ1v) is 7.23. The van der Waals surface area contributed by atoms with Crippen molar-refractivity contribution in [2.45, 2.75) is 18.4 Å². The highest BCUT2D eigenvalue weighted by molar-refractivity contribution is 8.13. The Bertz CT molecular complexity index is 649. The summed E-state index contributed by atoms with van der Waals surface area (Å²) < 4.78 is 23.9. The molecule has 1 aromatic heterocycles. The molecule has 16 heavy (non-hydrogen) atoms. The SMILES string of the molecule is CCn1nc2cc(S(=O)(=O)Cl)ccc2c1Cl. The molecule has 0 aliphatic carbocycles. The number of aromatic nitrogens is 2. The molecule has 0 saturated carbocycles. The predicted octanol–water partition coefficient (Wildman–Crippen LogP) is 2.64. The zero-order valence-corrected chi connectivity index (χ0v) is 10.6. The standard InChI is InChI=1S/C9H8Cl2N2O2S/c1-2-13-9(10)7-4-3-6(16(11,14)15)5-8(7)12-13/h3-5H,2H2,1H3.